The lowest BCUT2D eigenvalue weighted by Gasteiger charge is -2.10. The van der Waals surface area contributed by atoms with Crippen LogP contribution in [0, 0.1) is 0 Å². The van der Waals surface area contributed by atoms with Crippen LogP contribution < -0.4 is 19.5 Å². The minimum atomic E-state index is 0.292. The van der Waals surface area contributed by atoms with Crippen LogP contribution in [0.5, 0.6) is 17.2 Å². The van der Waals surface area contributed by atoms with E-state index in [1.807, 2.05) is 24.3 Å². The lowest BCUT2D eigenvalue weighted by molar-refractivity contribution is -0.686. The van der Waals surface area contributed by atoms with Crippen molar-refractivity contribution in [3.05, 3.63) is 51.5 Å². The first-order chi connectivity index (χ1) is 10.7. The van der Waals surface area contributed by atoms with Gasteiger partial charge < -0.3 is 19.5 Å². The average molecular weight is 341 g/mol. The summed E-state index contributed by atoms with van der Waals surface area (Å²) in [6.07, 6.45) is 0. The van der Waals surface area contributed by atoms with Gasteiger partial charge in [0.2, 0.25) is 6.79 Å². The number of fused-ring (bicyclic) bond motifs is 1. The summed E-state index contributed by atoms with van der Waals surface area (Å²) < 4.78 is 16.0. The molecule has 0 bridgehead atoms. The van der Waals surface area contributed by atoms with E-state index in [4.69, 9.17) is 37.4 Å². The lowest BCUT2D eigenvalue weighted by atomic mass is 10.1. The molecule has 0 fully saturated rings. The van der Waals surface area contributed by atoms with Gasteiger partial charge in [0.15, 0.2) is 11.5 Å². The van der Waals surface area contributed by atoms with Crippen molar-refractivity contribution in [2.75, 3.05) is 13.9 Å². The first-order valence-corrected chi connectivity index (χ1v) is 7.65. The summed E-state index contributed by atoms with van der Waals surface area (Å²) in [5.74, 6) is 2.27. The molecular weight excluding hydrogens is 325 g/mol. The van der Waals surface area contributed by atoms with E-state index < -0.39 is 0 Å². The number of methoxy groups -OCH3 is 1. The smallest absolute Gasteiger partial charge is 0.231 e. The Bertz CT molecular complexity index is 691. The van der Waals surface area contributed by atoms with E-state index in [9.17, 15) is 0 Å². The fourth-order valence-corrected chi connectivity index (χ4v) is 3.07. The van der Waals surface area contributed by atoms with Crippen LogP contribution in [0.15, 0.2) is 30.3 Å². The molecule has 0 unspecified atom stereocenters. The van der Waals surface area contributed by atoms with Crippen molar-refractivity contribution in [2.45, 2.75) is 13.1 Å². The maximum Gasteiger partial charge on any atom is 0.231 e. The van der Waals surface area contributed by atoms with Gasteiger partial charge >= 0.3 is 0 Å². The van der Waals surface area contributed by atoms with Crippen molar-refractivity contribution < 1.29 is 19.5 Å². The van der Waals surface area contributed by atoms with Gasteiger partial charge in [-0.1, -0.05) is 23.2 Å². The van der Waals surface area contributed by atoms with E-state index in [1.54, 1.807) is 13.2 Å². The molecule has 2 N–H and O–H groups in total. The van der Waals surface area contributed by atoms with Crippen molar-refractivity contribution in [1.82, 2.24) is 0 Å². The van der Waals surface area contributed by atoms with Crippen LogP contribution in [-0.4, -0.2) is 13.9 Å². The normalized spacial score (nSPS) is 12.5. The van der Waals surface area contributed by atoms with Crippen molar-refractivity contribution >= 4 is 23.2 Å². The van der Waals surface area contributed by atoms with Gasteiger partial charge in [-0.25, -0.2) is 0 Å². The van der Waals surface area contributed by atoms with Crippen LogP contribution >= 0.6 is 23.2 Å². The van der Waals surface area contributed by atoms with E-state index in [0.29, 0.717) is 22.6 Å². The Morgan fingerprint density at radius 2 is 1.91 bits per heavy atom. The number of rotatable bonds is 5. The molecule has 1 aliphatic heterocycles. The number of hydrogen-bond donors (Lipinski definition) is 1. The maximum atomic E-state index is 6.14. The summed E-state index contributed by atoms with van der Waals surface area (Å²) in [4.78, 5) is 0. The highest BCUT2D eigenvalue weighted by Crippen LogP contribution is 2.33. The van der Waals surface area contributed by atoms with Gasteiger partial charge in [0, 0.05) is 10.6 Å². The topological polar surface area (TPSA) is 44.3 Å². The minimum absolute atomic E-state index is 0.292. The van der Waals surface area contributed by atoms with Crippen LogP contribution in [0.1, 0.15) is 11.1 Å². The molecule has 3 rings (SSSR count). The Labute approximate surface area is 138 Å². The molecule has 1 heterocycles. The molecule has 0 saturated carbocycles. The Hall–Kier alpha value is -1.62. The second-order valence-electron chi connectivity index (χ2n) is 4.96. The van der Waals surface area contributed by atoms with Gasteiger partial charge in [0.05, 0.1) is 17.7 Å². The summed E-state index contributed by atoms with van der Waals surface area (Å²) in [6.45, 7) is 1.82. The van der Waals surface area contributed by atoms with Crippen molar-refractivity contribution in [1.29, 1.82) is 0 Å². The standard InChI is InChI=1S/C16H15Cl2NO3/c1-20-16-11(5-12(17)6-13(16)18)8-19-7-10-2-3-14-15(4-10)22-9-21-14/h2-6,19H,7-9H2,1H3/p+1. The lowest BCUT2D eigenvalue weighted by Crippen LogP contribution is -2.80. The minimum Gasteiger partial charge on any atom is -0.495 e. The number of benzene rings is 2. The zero-order valence-electron chi connectivity index (χ0n) is 12.1. The molecule has 0 amide bonds. The molecule has 0 radical (unpaired) electrons. The third kappa shape index (κ3) is 3.24. The van der Waals surface area contributed by atoms with E-state index in [2.05, 4.69) is 5.32 Å². The Morgan fingerprint density at radius 1 is 1.09 bits per heavy atom. The van der Waals surface area contributed by atoms with Crippen molar-refractivity contribution in [2.24, 2.45) is 0 Å². The predicted octanol–water partition coefficient (Wildman–Crippen LogP) is 2.99. The van der Waals surface area contributed by atoms with E-state index in [1.165, 1.54) is 0 Å². The first kappa shape index (κ1) is 15.3. The number of nitrogens with two attached hydrogens (primary N) is 1. The second-order valence-corrected chi connectivity index (χ2v) is 5.81. The fraction of sp³-hybridized carbons (Fsp3) is 0.250. The van der Waals surface area contributed by atoms with Crippen LogP contribution in [0.4, 0.5) is 0 Å². The largest absolute Gasteiger partial charge is 0.495 e. The fourth-order valence-electron chi connectivity index (χ4n) is 2.46. The summed E-state index contributed by atoms with van der Waals surface area (Å²) in [7, 11) is 1.61. The van der Waals surface area contributed by atoms with E-state index in [0.717, 1.165) is 35.7 Å². The second kappa shape index (κ2) is 6.65. The number of halogens is 2. The highest BCUT2D eigenvalue weighted by atomic mass is 35.5. The summed E-state index contributed by atoms with van der Waals surface area (Å²) in [5.41, 5.74) is 2.14. The SMILES string of the molecule is COc1c(Cl)cc(Cl)cc1C[NH2+]Cc1ccc2c(c1)OCO2. The molecule has 22 heavy (non-hydrogen) atoms. The Kier molecular flexibility index (Phi) is 4.62. The zero-order valence-corrected chi connectivity index (χ0v) is 13.6. The molecule has 1 aliphatic rings. The maximum absolute atomic E-state index is 6.14. The van der Waals surface area contributed by atoms with Crippen LogP contribution in [0.25, 0.3) is 0 Å². The molecule has 0 aromatic heterocycles. The first-order valence-electron chi connectivity index (χ1n) is 6.89. The third-order valence-corrected chi connectivity index (χ3v) is 3.97. The summed E-state index contributed by atoms with van der Waals surface area (Å²) in [6, 6.07) is 9.53. The average Bonchev–Trinajstić information content (AvgIpc) is 2.94. The highest BCUT2D eigenvalue weighted by Gasteiger charge is 2.14. The van der Waals surface area contributed by atoms with Crippen molar-refractivity contribution in [3.63, 3.8) is 0 Å². The Morgan fingerprint density at radius 3 is 2.73 bits per heavy atom. The molecule has 6 heteroatoms. The van der Waals surface area contributed by atoms with Crippen LogP contribution in [0.2, 0.25) is 10.0 Å². The molecule has 116 valence electrons. The number of quaternary nitrogens is 1. The molecule has 0 saturated heterocycles. The van der Waals surface area contributed by atoms with Gasteiger partial charge in [-0.15, -0.1) is 0 Å². The van der Waals surface area contributed by atoms with Crippen LogP contribution in [-0.2, 0) is 13.1 Å². The van der Waals surface area contributed by atoms with Gasteiger partial charge in [-0.05, 0) is 30.3 Å². The summed E-state index contributed by atoms with van der Waals surface area (Å²) in [5, 5.41) is 3.29. The molecule has 0 spiro atoms. The van der Waals surface area contributed by atoms with Crippen molar-refractivity contribution in [3.8, 4) is 17.2 Å². The van der Waals surface area contributed by atoms with Gasteiger partial charge in [-0.3, -0.25) is 0 Å². The number of ether oxygens (including phenoxy) is 3. The predicted molar refractivity (Wildman–Crippen MR) is 84.9 cm³/mol. The van der Waals surface area contributed by atoms with Gasteiger partial charge in [0.1, 0.15) is 18.8 Å². The molecule has 4 nitrogen and oxygen atoms in total. The zero-order chi connectivity index (χ0) is 15.5. The molecule has 2 aromatic rings. The molecular formula is C16H16Cl2NO3+. The van der Waals surface area contributed by atoms with Gasteiger partial charge in [-0.2, -0.15) is 0 Å². The molecule has 2 aromatic carbocycles. The summed E-state index contributed by atoms with van der Waals surface area (Å²) >= 11 is 12.2. The monoisotopic (exact) mass is 340 g/mol. The van der Waals surface area contributed by atoms with E-state index >= 15 is 0 Å². The van der Waals surface area contributed by atoms with Crippen LogP contribution in [0.3, 0.4) is 0 Å². The third-order valence-electron chi connectivity index (χ3n) is 3.47. The number of hydrogen-bond acceptors (Lipinski definition) is 3. The quantitative estimate of drug-likeness (QED) is 0.909. The highest BCUT2D eigenvalue weighted by molar-refractivity contribution is 6.35. The van der Waals surface area contributed by atoms with E-state index in [-0.39, 0.29) is 0 Å². The Balaban J connectivity index is 1.66. The molecule has 0 aliphatic carbocycles. The van der Waals surface area contributed by atoms with Gasteiger partial charge in [0.25, 0.3) is 0 Å². The molecule has 0 atom stereocenters.